The molecule has 0 saturated carbocycles. The van der Waals surface area contributed by atoms with Gasteiger partial charge in [-0.25, -0.2) is 0 Å². The second-order valence-electron chi connectivity index (χ2n) is 7.96. The fourth-order valence-electron chi connectivity index (χ4n) is 2.56. The first-order chi connectivity index (χ1) is 12.5. The Labute approximate surface area is 162 Å². The third-order valence-corrected chi connectivity index (χ3v) is 4.40. The number of hydrogen-bond donors (Lipinski definition) is 2. The highest BCUT2D eigenvalue weighted by atomic mass is 16.2. The Morgan fingerprint density at radius 2 is 1.59 bits per heavy atom. The first-order valence-electron chi connectivity index (χ1n) is 9.53. The van der Waals surface area contributed by atoms with E-state index in [0.717, 1.165) is 0 Å². The zero-order chi connectivity index (χ0) is 20.8. The monoisotopic (exact) mass is 375 g/mol. The Morgan fingerprint density at radius 3 is 2.07 bits per heavy atom. The third kappa shape index (κ3) is 6.08. The van der Waals surface area contributed by atoms with Gasteiger partial charge in [-0.3, -0.25) is 14.4 Å². The summed E-state index contributed by atoms with van der Waals surface area (Å²) in [7, 11) is 0. The predicted molar refractivity (Wildman–Crippen MR) is 109 cm³/mol. The molecule has 1 atom stereocenters. The molecule has 0 saturated heterocycles. The van der Waals surface area contributed by atoms with Gasteiger partial charge in [-0.15, -0.1) is 0 Å². The minimum absolute atomic E-state index is 0.0571. The summed E-state index contributed by atoms with van der Waals surface area (Å²) >= 11 is 0. The number of hydrogen-bond acceptors (Lipinski definition) is 3. The molecule has 0 aliphatic rings. The summed E-state index contributed by atoms with van der Waals surface area (Å²) in [4.78, 5) is 39.6. The number of para-hydroxylation sites is 1. The molecule has 6 nitrogen and oxygen atoms in total. The molecule has 3 amide bonds. The molecular formula is C21H33N3O3. The maximum Gasteiger partial charge on any atom is 0.254 e. The maximum atomic E-state index is 12.9. The highest BCUT2D eigenvalue weighted by Gasteiger charge is 2.29. The second kappa shape index (κ2) is 9.53. The lowest BCUT2D eigenvalue weighted by Gasteiger charge is -2.28. The van der Waals surface area contributed by atoms with Crippen molar-refractivity contribution >= 4 is 23.4 Å². The molecule has 1 aromatic carbocycles. The molecule has 0 heterocycles. The summed E-state index contributed by atoms with van der Waals surface area (Å²) < 4.78 is 0. The van der Waals surface area contributed by atoms with Gasteiger partial charge in [0.1, 0.15) is 6.04 Å². The number of likely N-dealkylation sites (N-methyl/N-ethyl adjacent to an activating group) is 1. The zero-order valence-corrected chi connectivity index (χ0v) is 17.6. The van der Waals surface area contributed by atoms with Crippen LogP contribution in [0.2, 0.25) is 0 Å². The number of carbonyl (C=O) groups is 3. The van der Waals surface area contributed by atoms with Crippen LogP contribution in [0.1, 0.15) is 58.8 Å². The SMILES string of the molecule is CCN(CC)C(=O)C(NC(=O)c1ccccc1NC(=O)C(C)(C)C)C(C)C. The van der Waals surface area contributed by atoms with Gasteiger partial charge in [-0.1, -0.05) is 46.8 Å². The Balaban J connectivity index is 3.08. The summed E-state index contributed by atoms with van der Waals surface area (Å²) in [6.45, 7) is 14.2. The number of nitrogens with one attached hydrogen (secondary N) is 2. The molecule has 0 aliphatic carbocycles. The molecule has 1 rings (SSSR count). The van der Waals surface area contributed by atoms with Crippen LogP contribution in [0.5, 0.6) is 0 Å². The Kier molecular flexibility index (Phi) is 8.00. The molecule has 0 aliphatic heterocycles. The van der Waals surface area contributed by atoms with Gasteiger partial charge in [0.15, 0.2) is 0 Å². The molecule has 1 aromatic rings. The quantitative estimate of drug-likeness (QED) is 0.767. The minimum atomic E-state index is -0.622. The lowest BCUT2D eigenvalue weighted by atomic mass is 9.95. The largest absolute Gasteiger partial charge is 0.341 e. The molecule has 1 unspecified atom stereocenters. The summed E-state index contributed by atoms with van der Waals surface area (Å²) in [5.74, 6) is -0.709. The van der Waals surface area contributed by atoms with Gasteiger partial charge in [0.25, 0.3) is 5.91 Å². The lowest BCUT2D eigenvalue weighted by Crippen LogP contribution is -2.51. The van der Waals surface area contributed by atoms with Crippen LogP contribution in [0.3, 0.4) is 0 Å². The fourth-order valence-corrected chi connectivity index (χ4v) is 2.56. The van der Waals surface area contributed by atoms with E-state index < -0.39 is 11.5 Å². The summed E-state index contributed by atoms with van der Waals surface area (Å²) in [6, 6.07) is 6.21. The van der Waals surface area contributed by atoms with Crippen molar-refractivity contribution < 1.29 is 14.4 Å². The van der Waals surface area contributed by atoms with E-state index >= 15 is 0 Å². The van der Waals surface area contributed by atoms with E-state index in [9.17, 15) is 14.4 Å². The van der Waals surface area contributed by atoms with Crippen molar-refractivity contribution in [1.29, 1.82) is 0 Å². The number of nitrogens with zero attached hydrogens (tertiary/aromatic N) is 1. The maximum absolute atomic E-state index is 12.9. The van der Waals surface area contributed by atoms with Crippen molar-refractivity contribution in [3.05, 3.63) is 29.8 Å². The number of benzene rings is 1. The standard InChI is InChI=1S/C21H33N3O3/c1-8-24(9-2)19(26)17(14(3)4)23-18(25)15-12-10-11-13-16(15)22-20(27)21(5,6)7/h10-14,17H,8-9H2,1-7H3,(H,22,27)(H,23,25). The van der Waals surface area contributed by atoms with Crippen molar-refractivity contribution in [2.45, 2.75) is 54.5 Å². The van der Waals surface area contributed by atoms with Crippen molar-refractivity contribution in [3.8, 4) is 0 Å². The van der Waals surface area contributed by atoms with Crippen LogP contribution in [0.15, 0.2) is 24.3 Å². The highest BCUT2D eigenvalue weighted by Crippen LogP contribution is 2.21. The minimum Gasteiger partial charge on any atom is -0.341 e. The molecule has 150 valence electrons. The van der Waals surface area contributed by atoms with Gasteiger partial charge in [0.05, 0.1) is 11.3 Å². The van der Waals surface area contributed by atoms with Crippen LogP contribution in [0.4, 0.5) is 5.69 Å². The molecule has 0 radical (unpaired) electrons. The van der Waals surface area contributed by atoms with Gasteiger partial charge in [0.2, 0.25) is 11.8 Å². The van der Waals surface area contributed by atoms with Gasteiger partial charge in [-0.2, -0.15) is 0 Å². The predicted octanol–water partition coefficient (Wildman–Crippen LogP) is 3.29. The summed E-state index contributed by atoms with van der Waals surface area (Å²) in [6.07, 6.45) is 0. The number of anilines is 1. The number of rotatable bonds is 7. The van der Waals surface area contributed by atoms with E-state index in [1.165, 1.54) is 0 Å². The first-order valence-corrected chi connectivity index (χ1v) is 9.53. The average molecular weight is 376 g/mol. The van der Waals surface area contributed by atoms with Crippen molar-refractivity contribution in [1.82, 2.24) is 10.2 Å². The second-order valence-corrected chi connectivity index (χ2v) is 7.96. The van der Waals surface area contributed by atoms with Crippen molar-refractivity contribution in [2.75, 3.05) is 18.4 Å². The smallest absolute Gasteiger partial charge is 0.254 e. The van der Waals surface area contributed by atoms with Crippen molar-refractivity contribution in [2.24, 2.45) is 11.3 Å². The fraction of sp³-hybridized carbons (Fsp3) is 0.571. The van der Waals surface area contributed by atoms with Gasteiger partial charge >= 0.3 is 0 Å². The zero-order valence-electron chi connectivity index (χ0n) is 17.6. The van der Waals surface area contributed by atoms with Gasteiger partial charge in [-0.05, 0) is 31.9 Å². The molecule has 6 heteroatoms. The van der Waals surface area contributed by atoms with Crippen LogP contribution in [-0.2, 0) is 9.59 Å². The van der Waals surface area contributed by atoms with E-state index in [2.05, 4.69) is 10.6 Å². The molecular weight excluding hydrogens is 342 g/mol. The van der Waals surface area contributed by atoms with Crippen LogP contribution in [-0.4, -0.2) is 41.8 Å². The Hall–Kier alpha value is -2.37. The Bertz CT molecular complexity index is 673. The highest BCUT2D eigenvalue weighted by molar-refractivity contribution is 6.05. The van der Waals surface area contributed by atoms with Crippen LogP contribution < -0.4 is 10.6 Å². The summed E-state index contributed by atoms with van der Waals surface area (Å²) in [5.41, 5.74) is 0.198. The average Bonchev–Trinajstić information content (AvgIpc) is 2.59. The molecule has 0 aromatic heterocycles. The number of amides is 3. The van der Waals surface area contributed by atoms with E-state index in [4.69, 9.17) is 0 Å². The number of carbonyl (C=O) groups excluding carboxylic acids is 3. The summed E-state index contributed by atoms with van der Waals surface area (Å²) in [5, 5.41) is 5.67. The molecule has 2 N–H and O–H groups in total. The van der Waals surface area contributed by atoms with Crippen LogP contribution in [0.25, 0.3) is 0 Å². The van der Waals surface area contributed by atoms with Crippen LogP contribution >= 0.6 is 0 Å². The van der Waals surface area contributed by atoms with E-state index in [1.54, 1.807) is 29.2 Å². The Morgan fingerprint density at radius 1 is 1.04 bits per heavy atom. The molecule has 0 spiro atoms. The topological polar surface area (TPSA) is 78.5 Å². The first kappa shape index (κ1) is 22.7. The lowest BCUT2D eigenvalue weighted by molar-refractivity contribution is -0.134. The van der Waals surface area contributed by atoms with E-state index in [0.29, 0.717) is 24.3 Å². The normalized spacial score (nSPS) is 12.4. The van der Waals surface area contributed by atoms with E-state index in [1.807, 2.05) is 48.5 Å². The molecule has 27 heavy (non-hydrogen) atoms. The van der Waals surface area contributed by atoms with Gasteiger partial charge in [0, 0.05) is 18.5 Å². The molecule has 0 fully saturated rings. The molecule has 0 bridgehead atoms. The van der Waals surface area contributed by atoms with Crippen LogP contribution in [0, 0.1) is 11.3 Å². The van der Waals surface area contributed by atoms with E-state index in [-0.39, 0.29) is 23.6 Å². The van der Waals surface area contributed by atoms with Crippen molar-refractivity contribution in [3.63, 3.8) is 0 Å². The third-order valence-electron chi connectivity index (χ3n) is 4.40. The van der Waals surface area contributed by atoms with Gasteiger partial charge < -0.3 is 15.5 Å².